The first-order valence-corrected chi connectivity index (χ1v) is 4.25. The van der Waals surface area contributed by atoms with Gasteiger partial charge in [-0.05, 0) is 24.6 Å². The van der Waals surface area contributed by atoms with Crippen LogP contribution in [0.3, 0.4) is 0 Å². The normalized spacial score (nSPS) is 12.6. The molecule has 1 unspecified atom stereocenters. The maximum atomic E-state index is 13.1. The lowest BCUT2D eigenvalue weighted by atomic mass is 10.1. The molecule has 0 aliphatic carbocycles. The molecule has 0 heterocycles. The maximum absolute atomic E-state index is 13.1. The van der Waals surface area contributed by atoms with Gasteiger partial charge < -0.3 is 10.8 Å². The van der Waals surface area contributed by atoms with Gasteiger partial charge in [-0.15, -0.1) is 0 Å². The summed E-state index contributed by atoms with van der Waals surface area (Å²) in [5, 5.41) is 8.77. The predicted molar refractivity (Wildman–Crippen MR) is 50.7 cm³/mol. The zero-order valence-corrected chi connectivity index (χ0v) is 8.18. The van der Waals surface area contributed by atoms with Crippen molar-refractivity contribution in [2.45, 2.75) is 13.0 Å². The minimum absolute atomic E-state index is 0.158. The second-order valence-corrected chi connectivity index (χ2v) is 3.33. The fourth-order valence-electron chi connectivity index (χ4n) is 0.987. The van der Waals surface area contributed by atoms with Gasteiger partial charge in [-0.1, -0.05) is 11.6 Å². The topological polar surface area (TPSA) is 63.3 Å². The minimum atomic E-state index is -1.25. The first kappa shape index (κ1) is 10.9. The van der Waals surface area contributed by atoms with Crippen molar-refractivity contribution in [3.63, 3.8) is 0 Å². The lowest BCUT2D eigenvalue weighted by Gasteiger charge is -2.09. The van der Waals surface area contributed by atoms with E-state index in [4.69, 9.17) is 22.4 Å². The number of rotatable bonds is 2. The van der Waals surface area contributed by atoms with E-state index in [1.807, 2.05) is 0 Å². The Balaban J connectivity index is 3.19. The highest BCUT2D eigenvalue weighted by molar-refractivity contribution is 6.31. The smallest absolute Gasteiger partial charge is 0.325 e. The van der Waals surface area contributed by atoms with Gasteiger partial charge in [0.2, 0.25) is 0 Å². The summed E-state index contributed by atoms with van der Waals surface area (Å²) < 4.78 is 13.1. The number of carbonyl (C=O) groups is 1. The monoisotopic (exact) mass is 217 g/mol. The average Bonchev–Trinajstić information content (AvgIpc) is 2.12. The summed E-state index contributed by atoms with van der Waals surface area (Å²) in [6.07, 6.45) is 0. The van der Waals surface area contributed by atoms with Gasteiger partial charge in [-0.3, -0.25) is 4.79 Å². The first-order chi connectivity index (χ1) is 6.43. The van der Waals surface area contributed by atoms with Crippen LogP contribution in [0.2, 0.25) is 5.02 Å². The molecule has 0 fully saturated rings. The molecule has 1 aromatic rings. The van der Waals surface area contributed by atoms with Crippen LogP contribution >= 0.6 is 11.6 Å². The van der Waals surface area contributed by atoms with E-state index in [9.17, 15) is 9.18 Å². The molecule has 0 aliphatic heterocycles. The highest BCUT2D eigenvalue weighted by atomic mass is 35.5. The van der Waals surface area contributed by atoms with Crippen molar-refractivity contribution in [2.24, 2.45) is 5.73 Å². The van der Waals surface area contributed by atoms with E-state index in [-0.39, 0.29) is 16.1 Å². The molecule has 1 rings (SSSR count). The van der Waals surface area contributed by atoms with Gasteiger partial charge in [-0.25, -0.2) is 4.39 Å². The van der Waals surface area contributed by atoms with Crippen LogP contribution in [-0.2, 0) is 4.79 Å². The molecule has 76 valence electrons. The van der Waals surface area contributed by atoms with Crippen molar-refractivity contribution in [3.8, 4) is 0 Å². The molecule has 0 radical (unpaired) electrons. The molecule has 5 heteroatoms. The van der Waals surface area contributed by atoms with Crippen LogP contribution < -0.4 is 5.73 Å². The molecular weight excluding hydrogens is 209 g/mol. The first-order valence-electron chi connectivity index (χ1n) is 3.87. The Bertz CT molecular complexity index is 358. The number of halogens is 2. The predicted octanol–water partition coefficient (Wildman–Crippen LogP) is 1.87. The molecule has 0 saturated heterocycles. The van der Waals surface area contributed by atoms with Crippen LogP contribution in [-0.4, -0.2) is 11.1 Å². The number of benzene rings is 1. The van der Waals surface area contributed by atoms with Crippen molar-refractivity contribution in [1.82, 2.24) is 0 Å². The van der Waals surface area contributed by atoms with Gasteiger partial charge in [0, 0.05) is 10.6 Å². The van der Waals surface area contributed by atoms with Crippen molar-refractivity contribution in [3.05, 3.63) is 34.1 Å². The van der Waals surface area contributed by atoms with E-state index in [0.29, 0.717) is 0 Å². The summed E-state index contributed by atoms with van der Waals surface area (Å²) in [6.45, 7) is 1.51. The van der Waals surface area contributed by atoms with Gasteiger partial charge in [0.15, 0.2) is 0 Å². The molecule has 1 aromatic carbocycles. The molecular formula is C9H9ClFNO2. The fourth-order valence-corrected chi connectivity index (χ4v) is 1.20. The summed E-state index contributed by atoms with van der Waals surface area (Å²) >= 11 is 5.68. The quantitative estimate of drug-likeness (QED) is 0.795. The number of aliphatic carboxylic acids is 1. The maximum Gasteiger partial charge on any atom is 0.325 e. The molecule has 0 aromatic heterocycles. The van der Waals surface area contributed by atoms with Crippen LogP contribution in [0.4, 0.5) is 4.39 Å². The number of hydrogen-bond donors (Lipinski definition) is 2. The average molecular weight is 218 g/mol. The SMILES string of the molecule is Cc1c(F)cc(C(N)C(=O)O)cc1Cl. The standard InChI is InChI=1S/C9H9ClFNO2/c1-4-6(10)2-5(3-7(4)11)8(12)9(13)14/h2-3,8H,12H2,1H3,(H,13,14). The number of carboxylic acid groups (broad SMARTS) is 1. The van der Waals surface area contributed by atoms with Gasteiger partial charge in [0.25, 0.3) is 0 Å². The van der Waals surface area contributed by atoms with Crippen molar-refractivity contribution in [1.29, 1.82) is 0 Å². The number of carboxylic acids is 1. The minimum Gasteiger partial charge on any atom is -0.480 e. The van der Waals surface area contributed by atoms with E-state index in [1.165, 1.54) is 13.0 Å². The fraction of sp³-hybridized carbons (Fsp3) is 0.222. The molecule has 1 atom stereocenters. The van der Waals surface area contributed by atoms with Crippen LogP contribution in [0.15, 0.2) is 12.1 Å². The molecule has 3 N–H and O–H groups in total. The van der Waals surface area contributed by atoms with Gasteiger partial charge in [-0.2, -0.15) is 0 Å². The van der Waals surface area contributed by atoms with Crippen LogP contribution in [0.1, 0.15) is 17.2 Å². The van der Waals surface area contributed by atoms with Crippen LogP contribution in [0.25, 0.3) is 0 Å². The third-order valence-electron chi connectivity index (χ3n) is 1.93. The van der Waals surface area contributed by atoms with E-state index in [0.717, 1.165) is 6.07 Å². The van der Waals surface area contributed by atoms with Gasteiger partial charge >= 0.3 is 5.97 Å². The Hall–Kier alpha value is -1.13. The largest absolute Gasteiger partial charge is 0.480 e. The van der Waals surface area contributed by atoms with Crippen molar-refractivity contribution in [2.75, 3.05) is 0 Å². The molecule has 14 heavy (non-hydrogen) atoms. The number of nitrogens with two attached hydrogens (primary N) is 1. The van der Waals surface area contributed by atoms with E-state index in [1.54, 1.807) is 0 Å². The van der Waals surface area contributed by atoms with Crippen molar-refractivity contribution >= 4 is 17.6 Å². The zero-order valence-electron chi connectivity index (χ0n) is 7.42. The lowest BCUT2D eigenvalue weighted by Crippen LogP contribution is -2.20. The molecule has 0 amide bonds. The Morgan fingerprint density at radius 2 is 2.21 bits per heavy atom. The van der Waals surface area contributed by atoms with E-state index < -0.39 is 17.8 Å². The van der Waals surface area contributed by atoms with Crippen LogP contribution in [0.5, 0.6) is 0 Å². The van der Waals surface area contributed by atoms with Crippen LogP contribution in [0, 0.1) is 12.7 Å². The summed E-state index contributed by atoms with van der Waals surface area (Å²) in [6, 6.07) is 1.20. The molecule has 3 nitrogen and oxygen atoms in total. The molecule has 0 saturated carbocycles. The third-order valence-corrected chi connectivity index (χ3v) is 2.32. The van der Waals surface area contributed by atoms with E-state index in [2.05, 4.69) is 0 Å². The Morgan fingerprint density at radius 1 is 1.64 bits per heavy atom. The second-order valence-electron chi connectivity index (χ2n) is 2.93. The molecule has 0 bridgehead atoms. The Kier molecular flexibility index (Phi) is 3.08. The third kappa shape index (κ3) is 2.02. The van der Waals surface area contributed by atoms with Gasteiger partial charge in [0.1, 0.15) is 11.9 Å². The Morgan fingerprint density at radius 3 is 2.64 bits per heavy atom. The zero-order chi connectivity index (χ0) is 10.9. The summed E-state index contributed by atoms with van der Waals surface area (Å²) in [5.74, 6) is -1.77. The summed E-state index contributed by atoms with van der Waals surface area (Å²) in [4.78, 5) is 10.5. The van der Waals surface area contributed by atoms with E-state index >= 15 is 0 Å². The van der Waals surface area contributed by atoms with Crippen molar-refractivity contribution < 1.29 is 14.3 Å². The number of hydrogen-bond acceptors (Lipinski definition) is 2. The molecule has 0 aliphatic rings. The lowest BCUT2D eigenvalue weighted by molar-refractivity contribution is -0.138. The van der Waals surface area contributed by atoms with Gasteiger partial charge in [0.05, 0.1) is 0 Å². The highest BCUT2D eigenvalue weighted by Crippen LogP contribution is 2.23. The molecule has 0 spiro atoms. The summed E-state index contributed by atoms with van der Waals surface area (Å²) in [5.41, 5.74) is 5.74. The highest BCUT2D eigenvalue weighted by Gasteiger charge is 2.16. The second kappa shape index (κ2) is 3.94. The summed E-state index contributed by atoms with van der Waals surface area (Å²) in [7, 11) is 0. The Labute approximate surface area is 85.3 Å².